The summed E-state index contributed by atoms with van der Waals surface area (Å²) in [6, 6.07) is 5.62. The lowest BCUT2D eigenvalue weighted by Crippen LogP contribution is -1.95. The smallest absolute Gasteiger partial charge is 0.270 e. The highest BCUT2D eigenvalue weighted by molar-refractivity contribution is 8.15. The summed E-state index contributed by atoms with van der Waals surface area (Å²) < 4.78 is 0.531. The zero-order valence-electron chi connectivity index (χ0n) is 9.19. The van der Waals surface area contributed by atoms with Gasteiger partial charge >= 0.3 is 0 Å². The van der Waals surface area contributed by atoms with Crippen LogP contribution >= 0.6 is 23.1 Å². The molecule has 1 aromatic carbocycles. The van der Waals surface area contributed by atoms with Crippen LogP contribution in [0.4, 0.5) is 5.69 Å². The van der Waals surface area contributed by atoms with Crippen LogP contribution in [0.25, 0.3) is 0 Å². The first kappa shape index (κ1) is 12.7. The normalized spacial score (nSPS) is 10.3. The lowest BCUT2D eigenvalue weighted by atomic mass is 10.2. The SMILES string of the molecule is Cc1nnc(SC(=O)c2cccc([N+](=O)[O-])c2)s1. The second kappa shape index (κ2) is 5.23. The van der Waals surface area contributed by atoms with Gasteiger partial charge < -0.3 is 0 Å². The topological polar surface area (TPSA) is 86.0 Å². The van der Waals surface area contributed by atoms with Crippen molar-refractivity contribution in [3.05, 3.63) is 45.0 Å². The van der Waals surface area contributed by atoms with E-state index in [0.29, 0.717) is 4.34 Å². The van der Waals surface area contributed by atoms with Crippen LogP contribution in [-0.4, -0.2) is 20.2 Å². The third kappa shape index (κ3) is 2.90. The van der Waals surface area contributed by atoms with Crippen molar-refractivity contribution in [3.63, 3.8) is 0 Å². The molecule has 0 saturated carbocycles. The molecule has 0 N–H and O–H groups in total. The van der Waals surface area contributed by atoms with Gasteiger partial charge in [0.1, 0.15) is 5.01 Å². The zero-order chi connectivity index (χ0) is 13.1. The molecule has 0 bridgehead atoms. The molecule has 92 valence electrons. The van der Waals surface area contributed by atoms with Gasteiger partial charge in [0.25, 0.3) is 5.69 Å². The second-order valence-electron chi connectivity index (χ2n) is 3.28. The van der Waals surface area contributed by atoms with Crippen LogP contribution < -0.4 is 0 Å². The van der Waals surface area contributed by atoms with Gasteiger partial charge in [0.05, 0.1) is 4.92 Å². The molecule has 0 unspecified atom stereocenters. The summed E-state index contributed by atoms with van der Waals surface area (Å²) in [6.07, 6.45) is 0. The maximum absolute atomic E-state index is 11.9. The Morgan fingerprint density at radius 2 is 2.22 bits per heavy atom. The van der Waals surface area contributed by atoms with Crippen molar-refractivity contribution < 1.29 is 9.72 Å². The van der Waals surface area contributed by atoms with E-state index in [2.05, 4.69) is 10.2 Å². The summed E-state index contributed by atoms with van der Waals surface area (Å²) in [4.78, 5) is 22.0. The summed E-state index contributed by atoms with van der Waals surface area (Å²) in [5.74, 6) is 0. The van der Waals surface area contributed by atoms with Gasteiger partial charge in [-0.2, -0.15) is 0 Å². The molecule has 0 spiro atoms. The number of non-ortho nitro benzene ring substituents is 1. The minimum atomic E-state index is -0.531. The van der Waals surface area contributed by atoms with E-state index in [1.165, 1.54) is 35.6 Å². The first-order valence-corrected chi connectivity index (χ1v) is 6.46. The first-order chi connectivity index (χ1) is 8.56. The van der Waals surface area contributed by atoms with Gasteiger partial charge in [0.2, 0.25) is 5.12 Å². The van der Waals surface area contributed by atoms with E-state index in [1.54, 1.807) is 6.92 Å². The maximum Gasteiger partial charge on any atom is 0.270 e. The number of thioether (sulfide) groups is 1. The number of carbonyl (C=O) groups is 1. The monoisotopic (exact) mass is 281 g/mol. The highest BCUT2D eigenvalue weighted by Gasteiger charge is 2.14. The molecule has 0 fully saturated rings. The van der Waals surface area contributed by atoms with Crippen molar-refractivity contribution in [3.8, 4) is 0 Å². The molecule has 1 heterocycles. The minimum Gasteiger partial charge on any atom is -0.281 e. The molecule has 0 aliphatic rings. The molecule has 6 nitrogen and oxygen atoms in total. The Kier molecular flexibility index (Phi) is 3.68. The number of hydrogen-bond donors (Lipinski definition) is 0. The number of aromatic nitrogens is 2. The lowest BCUT2D eigenvalue weighted by Gasteiger charge is -1.97. The molecule has 0 amide bonds. The van der Waals surface area contributed by atoms with E-state index in [9.17, 15) is 14.9 Å². The lowest BCUT2D eigenvalue weighted by molar-refractivity contribution is -0.384. The van der Waals surface area contributed by atoms with E-state index in [4.69, 9.17) is 0 Å². The Bertz CT molecular complexity index is 612. The Hall–Kier alpha value is -1.80. The highest BCUT2D eigenvalue weighted by atomic mass is 32.2. The Morgan fingerprint density at radius 1 is 1.44 bits per heavy atom. The maximum atomic E-state index is 11.9. The van der Waals surface area contributed by atoms with Gasteiger partial charge in [-0.25, -0.2) is 0 Å². The largest absolute Gasteiger partial charge is 0.281 e. The second-order valence-corrected chi connectivity index (χ2v) is 5.69. The van der Waals surface area contributed by atoms with Crippen LogP contribution in [0.3, 0.4) is 0 Å². The van der Waals surface area contributed by atoms with Crippen molar-refractivity contribution in [2.45, 2.75) is 11.3 Å². The van der Waals surface area contributed by atoms with Gasteiger partial charge in [0.15, 0.2) is 4.34 Å². The summed E-state index contributed by atoms with van der Waals surface area (Å²) in [7, 11) is 0. The van der Waals surface area contributed by atoms with Crippen LogP contribution in [0.2, 0.25) is 0 Å². The summed E-state index contributed by atoms with van der Waals surface area (Å²) in [5.41, 5.74) is 0.178. The Labute approximate surface area is 110 Å². The molecular formula is C10H7N3O3S2. The Balaban J connectivity index is 2.18. The van der Waals surface area contributed by atoms with E-state index in [0.717, 1.165) is 16.8 Å². The van der Waals surface area contributed by atoms with E-state index in [-0.39, 0.29) is 16.4 Å². The number of aryl methyl sites for hydroxylation is 1. The summed E-state index contributed by atoms with van der Waals surface area (Å²) >= 11 is 2.23. The number of benzene rings is 1. The molecule has 2 aromatic rings. The molecule has 8 heteroatoms. The summed E-state index contributed by atoms with van der Waals surface area (Å²) in [6.45, 7) is 1.79. The van der Waals surface area contributed by atoms with E-state index < -0.39 is 4.92 Å². The van der Waals surface area contributed by atoms with Crippen molar-refractivity contribution in [2.24, 2.45) is 0 Å². The van der Waals surface area contributed by atoms with E-state index >= 15 is 0 Å². The molecule has 0 aliphatic carbocycles. The Morgan fingerprint density at radius 3 is 2.83 bits per heavy atom. The number of rotatable bonds is 3. The number of nitrogens with zero attached hydrogens (tertiary/aromatic N) is 3. The number of nitro groups is 1. The fourth-order valence-electron chi connectivity index (χ4n) is 1.20. The quantitative estimate of drug-likeness (QED) is 0.488. The van der Waals surface area contributed by atoms with Crippen molar-refractivity contribution in [1.29, 1.82) is 0 Å². The third-order valence-corrected chi connectivity index (χ3v) is 3.79. The van der Waals surface area contributed by atoms with Crippen LogP contribution in [0.1, 0.15) is 15.4 Å². The molecule has 18 heavy (non-hydrogen) atoms. The zero-order valence-corrected chi connectivity index (χ0v) is 10.8. The number of nitro benzene ring substituents is 1. The first-order valence-electron chi connectivity index (χ1n) is 4.83. The van der Waals surface area contributed by atoms with Gasteiger partial charge in [-0.05, 0) is 24.8 Å². The average Bonchev–Trinajstić information content (AvgIpc) is 2.75. The third-order valence-electron chi connectivity index (χ3n) is 1.98. The van der Waals surface area contributed by atoms with Gasteiger partial charge in [0, 0.05) is 17.7 Å². The summed E-state index contributed by atoms with van der Waals surface area (Å²) in [5, 5.41) is 18.7. The molecule has 0 aliphatic heterocycles. The molecule has 0 saturated heterocycles. The fourth-order valence-corrected chi connectivity index (χ4v) is 2.86. The van der Waals surface area contributed by atoms with Crippen molar-refractivity contribution >= 4 is 33.9 Å². The van der Waals surface area contributed by atoms with Crippen LogP contribution in [0, 0.1) is 17.0 Å². The van der Waals surface area contributed by atoms with Crippen LogP contribution in [-0.2, 0) is 0 Å². The highest BCUT2D eigenvalue weighted by Crippen LogP contribution is 2.26. The minimum absolute atomic E-state index is 0.102. The van der Waals surface area contributed by atoms with Gasteiger partial charge in [-0.1, -0.05) is 17.4 Å². The van der Waals surface area contributed by atoms with E-state index in [1.807, 2.05) is 0 Å². The van der Waals surface area contributed by atoms with Crippen LogP contribution in [0.15, 0.2) is 28.6 Å². The molecule has 1 aromatic heterocycles. The molecule has 0 atom stereocenters. The standard InChI is InChI=1S/C10H7N3O3S2/c1-6-11-12-10(17-6)18-9(14)7-3-2-4-8(5-7)13(15)16/h2-5H,1H3. The predicted octanol–water partition coefficient (Wildman–Crippen LogP) is 2.69. The molecule has 0 radical (unpaired) electrons. The van der Waals surface area contributed by atoms with Crippen molar-refractivity contribution in [1.82, 2.24) is 10.2 Å². The fraction of sp³-hybridized carbons (Fsp3) is 0.100. The number of carbonyl (C=O) groups excluding carboxylic acids is 1. The molecule has 2 rings (SSSR count). The van der Waals surface area contributed by atoms with Gasteiger partial charge in [-0.3, -0.25) is 14.9 Å². The van der Waals surface area contributed by atoms with Gasteiger partial charge in [-0.15, -0.1) is 10.2 Å². The predicted molar refractivity (Wildman–Crippen MR) is 67.9 cm³/mol. The van der Waals surface area contributed by atoms with Crippen LogP contribution in [0.5, 0.6) is 0 Å². The number of hydrogen-bond acceptors (Lipinski definition) is 7. The molecular weight excluding hydrogens is 274 g/mol. The van der Waals surface area contributed by atoms with Crippen molar-refractivity contribution in [2.75, 3.05) is 0 Å². The average molecular weight is 281 g/mol.